The van der Waals surface area contributed by atoms with Crippen LogP contribution >= 0.6 is 22.6 Å². The second kappa shape index (κ2) is 8.83. The summed E-state index contributed by atoms with van der Waals surface area (Å²) >= 11 is 2.12. The van der Waals surface area contributed by atoms with Crippen molar-refractivity contribution in [1.29, 1.82) is 0 Å². The van der Waals surface area contributed by atoms with Crippen molar-refractivity contribution in [2.45, 2.75) is 56.1 Å². The van der Waals surface area contributed by atoms with E-state index in [4.69, 9.17) is 14.3 Å². The second-order valence-electron chi connectivity index (χ2n) is 7.88. The highest BCUT2D eigenvalue weighted by Gasteiger charge is 2.47. The van der Waals surface area contributed by atoms with Gasteiger partial charge in [0.05, 0.1) is 30.7 Å². The molecule has 1 amide bonds. The molecular formula is C20H27IN2O6S. The van der Waals surface area contributed by atoms with Gasteiger partial charge in [0, 0.05) is 10.6 Å². The van der Waals surface area contributed by atoms with E-state index >= 15 is 0 Å². The Morgan fingerprint density at radius 1 is 1.27 bits per heavy atom. The smallest absolute Gasteiger partial charge is 0.261 e. The number of likely N-dealkylation sites (N-methyl/N-ethyl adjacent to an activating group) is 1. The maximum Gasteiger partial charge on any atom is 0.261 e. The molecular weight excluding hydrogens is 523 g/mol. The van der Waals surface area contributed by atoms with Gasteiger partial charge in [-0.1, -0.05) is 17.7 Å². The van der Waals surface area contributed by atoms with Gasteiger partial charge in [0.15, 0.2) is 5.79 Å². The molecule has 0 radical (unpaired) electrons. The van der Waals surface area contributed by atoms with Crippen molar-refractivity contribution in [3.63, 3.8) is 0 Å². The SMILES string of the molecule is CON(C)C(=O)CN([C@H]1C[C@H]2OC(C)(C)O[C@H]2C=C1I)S(=O)(=O)c1ccc(C)cc1. The van der Waals surface area contributed by atoms with Crippen LogP contribution in [0.4, 0.5) is 0 Å². The van der Waals surface area contributed by atoms with E-state index in [1.54, 1.807) is 24.3 Å². The quantitative estimate of drug-likeness (QED) is 0.400. The number of carbonyl (C=O) groups is 1. The first-order valence-corrected chi connectivity index (χ1v) is 12.1. The van der Waals surface area contributed by atoms with Crippen LogP contribution < -0.4 is 0 Å². The molecule has 0 unspecified atom stereocenters. The first kappa shape index (κ1) is 23.6. The predicted molar refractivity (Wildman–Crippen MR) is 119 cm³/mol. The topological polar surface area (TPSA) is 85.4 Å². The first-order valence-electron chi connectivity index (χ1n) is 9.56. The summed E-state index contributed by atoms with van der Waals surface area (Å²) in [6.07, 6.45) is 1.73. The summed E-state index contributed by atoms with van der Waals surface area (Å²) in [6.45, 7) is 5.20. The molecule has 0 N–H and O–H groups in total. The molecule has 3 atom stereocenters. The van der Waals surface area contributed by atoms with Crippen LogP contribution in [0.1, 0.15) is 25.8 Å². The van der Waals surface area contributed by atoms with Crippen molar-refractivity contribution in [2.75, 3.05) is 20.7 Å². The molecule has 2 aliphatic rings. The summed E-state index contributed by atoms with van der Waals surface area (Å²) < 4.78 is 41.0. The molecule has 8 nitrogen and oxygen atoms in total. The fourth-order valence-corrected chi connectivity index (χ4v) is 6.29. The molecule has 166 valence electrons. The minimum absolute atomic E-state index is 0.135. The van der Waals surface area contributed by atoms with Crippen LogP contribution in [0.5, 0.6) is 0 Å². The summed E-state index contributed by atoms with van der Waals surface area (Å²) in [5.74, 6) is -1.21. The van der Waals surface area contributed by atoms with Gasteiger partial charge in [-0.25, -0.2) is 13.5 Å². The molecule has 3 rings (SSSR count). The summed E-state index contributed by atoms with van der Waals surface area (Å²) in [4.78, 5) is 17.7. The number of benzene rings is 1. The van der Waals surface area contributed by atoms with E-state index in [1.807, 2.05) is 26.8 Å². The molecule has 10 heteroatoms. The van der Waals surface area contributed by atoms with Crippen molar-refractivity contribution < 1.29 is 27.5 Å². The Labute approximate surface area is 191 Å². The Balaban J connectivity index is 1.98. The van der Waals surface area contributed by atoms with E-state index in [2.05, 4.69) is 22.6 Å². The van der Waals surface area contributed by atoms with Crippen LogP contribution in [-0.2, 0) is 29.1 Å². The highest BCUT2D eigenvalue weighted by atomic mass is 127. The zero-order valence-electron chi connectivity index (χ0n) is 17.7. The number of aryl methyl sites for hydroxylation is 1. The minimum atomic E-state index is -3.96. The van der Waals surface area contributed by atoms with Crippen LogP contribution in [0, 0.1) is 6.92 Å². The number of amides is 1. The van der Waals surface area contributed by atoms with Crippen molar-refractivity contribution in [3.8, 4) is 0 Å². The van der Waals surface area contributed by atoms with Crippen molar-refractivity contribution in [3.05, 3.63) is 39.5 Å². The Kier molecular flexibility index (Phi) is 6.95. The molecule has 1 saturated heterocycles. The minimum Gasteiger partial charge on any atom is -0.344 e. The fraction of sp³-hybridized carbons (Fsp3) is 0.550. The average Bonchev–Trinajstić information content (AvgIpc) is 2.97. The van der Waals surface area contributed by atoms with Crippen molar-refractivity contribution >= 4 is 38.5 Å². The van der Waals surface area contributed by atoms with E-state index in [0.29, 0.717) is 6.42 Å². The monoisotopic (exact) mass is 550 g/mol. The van der Waals surface area contributed by atoms with Gasteiger partial charge in [0.1, 0.15) is 6.10 Å². The van der Waals surface area contributed by atoms with Crippen LogP contribution in [-0.4, -0.2) is 68.4 Å². The Morgan fingerprint density at radius 3 is 2.50 bits per heavy atom. The third kappa shape index (κ3) is 4.89. The van der Waals surface area contributed by atoms with Crippen molar-refractivity contribution in [1.82, 2.24) is 9.37 Å². The number of fused-ring (bicyclic) bond motifs is 1. The highest BCUT2D eigenvalue weighted by molar-refractivity contribution is 14.1. The van der Waals surface area contributed by atoms with Gasteiger partial charge < -0.3 is 9.47 Å². The lowest BCUT2D eigenvalue weighted by atomic mass is 9.97. The summed E-state index contributed by atoms with van der Waals surface area (Å²) in [5, 5.41) is 1.03. The summed E-state index contributed by atoms with van der Waals surface area (Å²) in [5.41, 5.74) is 0.949. The number of rotatable bonds is 6. The summed E-state index contributed by atoms with van der Waals surface area (Å²) in [7, 11) is -1.15. The normalized spacial score (nSPS) is 25.7. The zero-order chi connectivity index (χ0) is 22.3. The molecule has 1 aliphatic heterocycles. The van der Waals surface area contributed by atoms with Gasteiger partial charge in [0.25, 0.3) is 5.91 Å². The molecule has 1 aromatic carbocycles. The first-order chi connectivity index (χ1) is 13.9. The molecule has 0 bridgehead atoms. The lowest BCUT2D eigenvalue weighted by molar-refractivity contribution is -0.169. The standard InChI is InChI=1S/C20H27IN2O6S/c1-13-6-8-14(9-7-13)30(25,26)23(12-19(24)22(4)27-5)16-11-18-17(10-15(16)21)28-20(2,3)29-18/h6-10,16-18H,11-12H2,1-5H3/t16-,17-,18+/m0/s1. The maximum absolute atomic E-state index is 13.6. The number of halogens is 1. The number of sulfonamides is 1. The van der Waals surface area contributed by atoms with E-state index < -0.39 is 27.8 Å². The molecule has 0 spiro atoms. The third-order valence-electron chi connectivity index (χ3n) is 5.21. The van der Waals surface area contributed by atoms with Gasteiger partial charge in [-0.2, -0.15) is 4.31 Å². The zero-order valence-corrected chi connectivity index (χ0v) is 20.6. The Hall–Kier alpha value is -1.05. The van der Waals surface area contributed by atoms with Crippen LogP contribution in [0.3, 0.4) is 0 Å². The molecule has 1 fully saturated rings. The van der Waals surface area contributed by atoms with E-state index in [0.717, 1.165) is 14.2 Å². The van der Waals surface area contributed by atoms with E-state index in [-0.39, 0.29) is 23.6 Å². The average molecular weight is 550 g/mol. The van der Waals surface area contributed by atoms with Gasteiger partial charge >= 0.3 is 0 Å². The third-order valence-corrected chi connectivity index (χ3v) is 8.16. The lowest BCUT2D eigenvalue weighted by Gasteiger charge is -2.35. The summed E-state index contributed by atoms with van der Waals surface area (Å²) in [6, 6.07) is 6.04. The number of hydrogen-bond donors (Lipinski definition) is 0. The molecule has 0 saturated carbocycles. The lowest BCUT2D eigenvalue weighted by Crippen LogP contribution is -2.49. The van der Waals surface area contributed by atoms with Gasteiger partial charge in [0.2, 0.25) is 10.0 Å². The Bertz CT molecular complexity index is 931. The molecule has 1 aliphatic carbocycles. The van der Waals surface area contributed by atoms with Crippen LogP contribution in [0.15, 0.2) is 38.8 Å². The second-order valence-corrected chi connectivity index (χ2v) is 11.0. The van der Waals surface area contributed by atoms with E-state index in [9.17, 15) is 13.2 Å². The van der Waals surface area contributed by atoms with Crippen molar-refractivity contribution in [2.24, 2.45) is 0 Å². The van der Waals surface area contributed by atoms with Gasteiger partial charge in [-0.05, 0) is 68.0 Å². The van der Waals surface area contributed by atoms with Crippen LogP contribution in [0.2, 0.25) is 0 Å². The van der Waals surface area contributed by atoms with Gasteiger partial charge in [-0.15, -0.1) is 0 Å². The predicted octanol–water partition coefficient (Wildman–Crippen LogP) is 2.62. The largest absolute Gasteiger partial charge is 0.344 e. The fourth-order valence-electron chi connectivity index (χ4n) is 3.59. The molecule has 0 aromatic heterocycles. The van der Waals surface area contributed by atoms with E-state index in [1.165, 1.54) is 18.5 Å². The molecule has 1 aromatic rings. The van der Waals surface area contributed by atoms with Crippen LogP contribution in [0.25, 0.3) is 0 Å². The molecule has 30 heavy (non-hydrogen) atoms. The Morgan fingerprint density at radius 2 is 1.90 bits per heavy atom. The highest BCUT2D eigenvalue weighted by Crippen LogP contribution is 2.40. The number of ether oxygens (including phenoxy) is 2. The van der Waals surface area contributed by atoms with Gasteiger partial charge in [-0.3, -0.25) is 9.63 Å². The number of hydroxylamine groups is 2. The molecule has 1 heterocycles. The number of hydrogen-bond acceptors (Lipinski definition) is 6. The maximum atomic E-state index is 13.6. The number of carbonyl (C=O) groups excluding carboxylic acids is 1. The number of nitrogens with zero attached hydrogens (tertiary/aromatic N) is 2.